The highest BCUT2D eigenvalue weighted by Gasteiger charge is 2.30. The summed E-state index contributed by atoms with van der Waals surface area (Å²) in [4.78, 5) is 22.6. The number of esters is 2. The number of hydrogen-bond donors (Lipinski definition) is 0. The minimum atomic E-state index is -1.31. The second kappa shape index (κ2) is 6.99. The second-order valence-corrected chi connectivity index (χ2v) is 3.64. The molecule has 0 aromatic rings. The fourth-order valence-electron chi connectivity index (χ4n) is 0.936. The van der Waals surface area contributed by atoms with Crippen LogP contribution in [0, 0.1) is 36.0 Å². The van der Waals surface area contributed by atoms with E-state index in [1.54, 1.807) is 0 Å². The topological polar surface area (TPSA) is 76.4 Å². The lowest BCUT2D eigenvalue weighted by Gasteiger charge is -2.22. The molecule has 0 saturated heterocycles. The summed E-state index contributed by atoms with van der Waals surface area (Å²) in [5.41, 5.74) is -1.31. The molecule has 0 aliphatic heterocycles. The van der Waals surface area contributed by atoms with Crippen LogP contribution in [0.5, 0.6) is 0 Å². The Bertz CT molecular complexity index is 449. The zero-order valence-electron chi connectivity index (χ0n) is 10.2. The molecule has 0 aliphatic rings. The third-order valence-corrected chi connectivity index (χ3v) is 2.02. The summed E-state index contributed by atoms with van der Waals surface area (Å²) >= 11 is 0. The predicted molar refractivity (Wildman–Crippen MR) is 62.6 cm³/mol. The molecule has 0 aromatic carbocycles. The molecule has 2 atom stereocenters. The molecular formula is C13H13NO4. The summed E-state index contributed by atoms with van der Waals surface area (Å²) in [6.07, 6.45) is 9.59. The summed E-state index contributed by atoms with van der Waals surface area (Å²) in [6, 6.07) is 1.87. The van der Waals surface area contributed by atoms with Gasteiger partial charge >= 0.3 is 11.9 Å². The molecule has 0 radical (unpaired) electrons. The lowest BCUT2D eigenvalue weighted by atomic mass is 10.0. The minimum Gasteiger partial charge on any atom is -0.441 e. The number of nitriles is 1. The maximum absolute atomic E-state index is 11.4. The maximum atomic E-state index is 11.4. The lowest BCUT2D eigenvalue weighted by molar-refractivity contribution is -0.175. The van der Waals surface area contributed by atoms with E-state index in [2.05, 4.69) is 16.6 Å². The lowest BCUT2D eigenvalue weighted by Crippen LogP contribution is -2.35. The van der Waals surface area contributed by atoms with Gasteiger partial charge in [0.15, 0.2) is 11.7 Å². The normalized spacial score (nSPS) is 13.9. The zero-order valence-corrected chi connectivity index (χ0v) is 10.2. The smallest absolute Gasteiger partial charge is 0.419 e. The van der Waals surface area contributed by atoms with Crippen molar-refractivity contribution in [2.45, 2.75) is 38.4 Å². The van der Waals surface area contributed by atoms with E-state index in [0.29, 0.717) is 0 Å². The molecule has 0 amide bonds. The Morgan fingerprint density at radius 2 is 2.00 bits per heavy atom. The Balaban J connectivity index is 4.55. The molecule has 2 unspecified atom stereocenters. The summed E-state index contributed by atoms with van der Waals surface area (Å²) < 4.78 is 9.40. The van der Waals surface area contributed by atoms with Crippen molar-refractivity contribution in [1.29, 1.82) is 5.26 Å². The largest absolute Gasteiger partial charge is 0.441 e. The van der Waals surface area contributed by atoms with Crippen molar-refractivity contribution in [3.05, 3.63) is 0 Å². The molecule has 18 heavy (non-hydrogen) atoms. The highest BCUT2D eigenvalue weighted by atomic mass is 16.6. The Kier molecular flexibility index (Phi) is 6.04. The van der Waals surface area contributed by atoms with Crippen LogP contribution in [0.2, 0.25) is 0 Å². The van der Waals surface area contributed by atoms with Crippen molar-refractivity contribution < 1.29 is 19.1 Å². The third-order valence-electron chi connectivity index (χ3n) is 2.02. The van der Waals surface area contributed by atoms with Crippen LogP contribution in [0.3, 0.4) is 0 Å². The highest BCUT2D eigenvalue weighted by Crippen LogP contribution is 2.17. The van der Waals surface area contributed by atoms with E-state index in [-0.39, 0.29) is 12.8 Å². The standard InChI is InChI=1S/C13H13NO4/c1-5-10(3)17-11(15)12(16)18-13(4,6-2)8-7-9-14/h1-2,10H,7-8H2,3-4H3. The van der Waals surface area contributed by atoms with E-state index in [0.717, 1.165) is 0 Å². The first-order valence-corrected chi connectivity index (χ1v) is 5.13. The Morgan fingerprint density at radius 1 is 1.39 bits per heavy atom. The number of carbonyl (C=O) groups excluding carboxylic acids is 2. The Hall–Kier alpha value is -2.45. The molecule has 0 fully saturated rings. The monoisotopic (exact) mass is 247 g/mol. The fourth-order valence-corrected chi connectivity index (χ4v) is 0.936. The average molecular weight is 247 g/mol. The van der Waals surface area contributed by atoms with Gasteiger partial charge in [-0.2, -0.15) is 5.26 Å². The average Bonchev–Trinajstić information content (AvgIpc) is 2.35. The van der Waals surface area contributed by atoms with Crippen molar-refractivity contribution >= 4 is 11.9 Å². The molecule has 5 heteroatoms. The molecule has 5 nitrogen and oxygen atoms in total. The predicted octanol–water partition coefficient (Wildman–Crippen LogP) is 0.790. The molecule has 94 valence electrons. The van der Waals surface area contributed by atoms with Gasteiger partial charge in [-0.05, 0) is 13.8 Å². The van der Waals surface area contributed by atoms with Crippen LogP contribution in [0.15, 0.2) is 0 Å². The number of carbonyl (C=O) groups is 2. The molecule has 0 saturated carbocycles. The van der Waals surface area contributed by atoms with Gasteiger partial charge in [0, 0.05) is 12.8 Å². The van der Waals surface area contributed by atoms with Crippen LogP contribution in [-0.2, 0) is 19.1 Å². The minimum absolute atomic E-state index is 0.101. The van der Waals surface area contributed by atoms with Gasteiger partial charge in [-0.25, -0.2) is 9.59 Å². The Morgan fingerprint density at radius 3 is 2.44 bits per heavy atom. The van der Waals surface area contributed by atoms with Crippen LogP contribution in [0.1, 0.15) is 26.7 Å². The van der Waals surface area contributed by atoms with Crippen molar-refractivity contribution in [1.82, 2.24) is 0 Å². The summed E-state index contributed by atoms with van der Waals surface area (Å²) in [5.74, 6) is 1.92. The molecule has 0 aromatic heterocycles. The van der Waals surface area contributed by atoms with Gasteiger partial charge in [-0.3, -0.25) is 0 Å². The molecule has 0 bridgehead atoms. The molecule has 0 heterocycles. The summed E-state index contributed by atoms with van der Waals surface area (Å²) in [7, 11) is 0. The number of rotatable bonds is 4. The number of nitrogens with zero attached hydrogens (tertiary/aromatic N) is 1. The first-order valence-electron chi connectivity index (χ1n) is 5.13. The van der Waals surface area contributed by atoms with E-state index in [9.17, 15) is 9.59 Å². The fraction of sp³-hybridized carbons (Fsp3) is 0.462. The molecular weight excluding hydrogens is 234 g/mol. The van der Waals surface area contributed by atoms with E-state index < -0.39 is 23.6 Å². The van der Waals surface area contributed by atoms with Crippen LogP contribution in [-0.4, -0.2) is 23.6 Å². The molecule has 0 rings (SSSR count). The van der Waals surface area contributed by atoms with Crippen LogP contribution in [0.25, 0.3) is 0 Å². The SMILES string of the molecule is C#CC(C)OC(=O)C(=O)OC(C)(C#C)CCC#N. The number of ether oxygens (including phenoxy) is 2. The van der Waals surface area contributed by atoms with E-state index in [1.807, 2.05) is 6.07 Å². The Labute approximate surface area is 106 Å². The van der Waals surface area contributed by atoms with Crippen molar-refractivity contribution in [3.8, 4) is 30.8 Å². The molecule has 0 N–H and O–H groups in total. The quantitative estimate of drug-likeness (QED) is 0.417. The second-order valence-electron chi connectivity index (χ2n) is 3.64. The van der Waals surface area contributed by atoms with Gasteiger partial charge in [0.2, 0.25) is 0 Å². The molecule has 0 aliphatic carbocycles. The van der Waals surface area contributed by atoms with Gasteiger partial charge in [0.05, 0.1) is 6.07 Å². The summed E-state index contributed by atoms with van der Waals surface area (Å²) in [6.45, 7) is 2.86. The van der Waals surface area contributed by atoms with Gasteiger partial charge in [-0.15, -0.1) is 12.8 Å². The summed E-state index contributed by atoms with van der Waals surface area (Å²) in [5, 5.41) is 8.45. The number of hydrogen-bond acceptors (Lipinski definition) is 5. The zero-order chi connectivity index (χ0) is 14.2. The van der Waals surface area contributed by atoms with E-state index in [1.165, 1.54) is 13.8 Å². The maximum Gasteiger partial charge on any atom is 0.419 e. The van der Waals surface area contributed by atoms with Gasteiger partial charge in [0.1, 0.15) is 0 Å². The van der Waals surface area contributed by atoms with Gasteiger partial charge in [-0.1, -0.05) is 11.8 Å². The van der Waals surface area contributed by atoms with Crippen LogP contribution in [0.4, 0.5) is 0 Å². The highest BCUT2D eigenvalue weighted by molar-refractivity contribution is 6.29. The van der Waals surface area contributed by atoms with Gasteiger partial charge < -0.3 is 9.47 Å². The van der Waals surface area contributed by atoms with Crippen molar-refractivity contribution in [2.24, 2.45) is 0 Å². The van der Waals surface area contributed by atoms with Crippen molar-refractivity contribution in [3.63, 3.8) is 0 Å². The first kappa shape index (κ1) is 15.6. The molecule has 0 spiro atoms. The van der Waals surface area contributed by atoms with Crippen molar-refractivity contribution in [2.75, 3.05) is 0 Å². The van der Waals surface area contributed by atoms with E-state index >= 15 is 0 Å². The first-order chi connectivity index (χ1) is 8.38. The number of terminal acetylenes is 2. The van der Waals surface area contributed by atoms with Gasteiger partial charge in [0.25, 0.3) is 0 Å². The van der Waals surface area contributed by atoms with E-state index in [4.69, 9.17) is 22.8 Å². The third kappa shape index (κ3) is 5.05. The van der Waals surface area contributed by atoms with Crippen LogP contribution < -0.4 is 0 Å². The van der Waals surface area contributed by atoms with Crippen LogP contribution >= 0.6 is 0 Å².